The number of Topliss-reactive ketones (excluding diaryl/α,β-unsaturated/α-hetero) is 1. The van der Waals surface area contributed by atoms with Crippen LogP contribution in [-0.4, -0.2) is 15.3 Å². The van der Waals surface area contributed by atoms with E-state index in [9.17, 15) is 9.59 Å². The number of aromatic amines is 1. The summed E-state index contributed by atoms with van der Waals surface area (Å²) in [6.07, 6.45) is 3.70. The van der Waals surface area contributed by atoms with Crippen LogP contribution in [-0.2, 0) is 0 Å². The van der Waals surface area contributed by atoms with Crippen LogP contribution in [0.2, 0.25) is 0 Å². The van der Waals surface area contributed by atoms with Gasteiger partial charge in [0.1, 0.15) is 0 Å². The zero-order valence-corrected chi connectivity index (χ0v) is 7.86. The van der Waals surface area contributed by atoms with Crippen LogP contribution in [0.15, 0.2) is 29.1 Å². The van der Waals surface area contributed by atoms with Crippen LogP contribution in [0, 0.1) is 0 Å². The number of hydrogen-bond donors (Lipinski definition) is 1. The molecule has 1 aliphatic heterocycles. The molecule has 2 heterocycles. The molecule has 0 bridgehead atoms. The van der Waals surface area contributed by atoms with E-state index in [0.717, 1.165) is 0 Å². The van der Waals surface area contributed by atoms with Crippen molar-refractivity contribution in [3.8, 4) is 0 Å². The number of carbonyl (C=O) groups excluding carboxylic acids is 1. The third-order valence-electron chi connectivity index (χ3n) is 2.60. The van der Waals surface area contributed by atoms with E-state index in [4.69, 9.17) is 0 Å². The van der Waals surface area contributed by atoms with Crippen molar-refractivity contribution in [2.75, 3.05) is 0 Å². The molecule has 0 radical (unpaired) electrons. The maximum Gasteiger partial charge on any atom is 0.330 e. The Bertz CT molecular complexity index is 646. The van der Waals surface area contributed by atoms with Gasteiger partial charge in [0.25, 0.3) is 0 Å². The van der Waals surface area contributed by atoms with Gasteiger partial charge in [0.05, 0.1) is 11.0 Å². The Morgan fingerprint density at radius 3 is 3.00 bits per heavy atom. The Morgan fingerprint density at radius 1 is 1.27 bits per heavy atom. The van der Waals surface area contributed by atoms with Crippen molar-refractivity contribution in [2.45, 2.75) is 6.42 Å². The molecular weight excluding hydrogens is 192 g/mol. The molecule has 1 aliphatic rings. The normalized spacial score (nSPS) is 14.5. The number of para-hydroxylation sites is 1. The average molecular weight is 200 g/mol. The molecule has 15 heavy (non-hydrogen) atoms. The third-order valence-corrected chi connectivity index (χ3v) is 2.60. The first-order valence-electron chi connectivity index (χ1n) is 4.70. The summed E-state index contributed by atoms with van der Waals surface area (Å²) in [5.41, 5.74) is 1.79. The Balaban J connectivity index is 2.60. The molecule has 4 heteroatoms. The highest BCUT2D eigenvalue weighted by Crippen LogP contribution is 2.20. The van der Waals surface area contributed by atoms with Crippen LogP contribution in [0.25, 0.3) is 17.2 Å². The van der Waals surface area contributed by atoms with Gasteiger partial charge in [-0.05, 0) is 12.1 Å². The molecule has 74 valence electrons. The fraction of sp³-hybridized carbons (Fsp3) is 0.0909. The van der Waals surface area contributed by atoms with E-state index in [0.29, 0.717) is 23.0 Å². The van der Waals surface area contributed by atoms with Crippen molar-refractivity contribution in [1.82, 2.24) is 9.55 Å². The monoisotopic (exact) mass is 200 g/mol. The minimum atomic E-state index is -0.205. The standard InChI is InChI=1S/C11H8N2O2/c14-9-5-2-6-13-10-7(9)3-1-4-8(10)12-11(13)15/h1-4,6H,5H2,(H,12,15). The number of nitrogens with zero attached hydrogens (tertiary/aromatic N) is 1. The van der Waals surface area contributed by atoms with Crippen molar-refractivity contribution in [3.63, 3.8) is 0 Å². The molecule has 1 aromatic carbocycles. The highest BCUT2D eigenvalue weighted by atomic mass is 16.1. The first kappa shape index (κ1) is 8.23. The number of hydrogen-bond acceptors (Lipinski definition) is 2. The summed E-state index contributed by atoms with van der Waals surface area (Å²) < 4.78 is 1.48. The van der Waals surface area contributed by atoms with Crippen molar-refractivity contribution >= 4 is 23.0 Å². The maximum absolute atomic E-state index is 11.7. The highest BCUT2D eigenvalue weighted by molar-refractivity contribution is 6.08. The lowest BCUT2D eigenvalue weighted by atomic mass is 10.1. The number of imidazole rings is 1. The quantitative estimate of drug-likeness (QED) is 0.698. The second-order valence-corrected chi connectivity index (χ2v) is 3.51. The third kappa shape index (κ3) is 1.01. The lowest BCUT2D eigenvalue weighted by Crippen LogP contribution is -2.11. The first-order chi connectivity index (χ1) is 7.27. The van der Waals surface area contributed by atoms with Crippen LogP contribution in [0.5, 0.6) is 0 Å². The van der Waals surface area contributed by atoms with Gasteiger partial charge < -0.3 is 4.98 Å². The maximum atomic E-state index is 11.7. The summed E-state index contributed by atoms with van der Waals surface area (Å²) in [7, 11) is 0. The van der Waals surface area contributed by atoms with Gasteiger partial charge in [0.15, 0.2) is 5.78 Å². The van der Waals surface area contributed by atoms with Crippen LogP contribution >= 0.6 is 0 Å². The van der Waals surface area contributed by atoms with Crippen molar-refractivity contribution in [3.05, 3.63) is 40.3 Å². The van der Waals surface area contributed by atoms with Gasteiger partial charge in [-0.3, -0.25) is 9.36 Å². The van der Waals surface area contributed by atoms with Crippen LogP contribution < -0.4 is 5.69 Å². The smallest absolute Gasteiger partial charge is 0.305 e. The van der Waals surface area contributed by atoms with E-state index in [2.05, 4.69) is 4.98 Å². The Hall–Kier alpha value is -2.10. The van der Waals surface area contributed by atoms with Gasteiger partial charge in [0.2, 0.25) is 0 Å². The zero-order chi connectivity index (χ0) is 10.4. The summed E-state index contributed by atoms with van der Waals surface area (Å²) >= 11 is 0. The highest BCUT2D eigenvalue weighted by Gasteiger charge is 2.16. The molecular formula is C11H8N2O2. The summed E-state index contributed by atoms with van der Waals surface area (Å²) in [6, 6.07) is 5.33. The fourth-order valence-corrected chi connectivity index (χ4v) is 1.92. The number of rotatable bonds is 0. The largest absolute Gasteiger partial charge is 0.330 e. The minimum absolute atomic E-state index is 0.0436. The number of ketones is 1. The Morgan fingerprint density at radius 2 is 2.13 bits per heavy atom. The van der Waals surface area contributed by atoms with Gasteiger partial charge in [-0.25, -0.2) is 4.79 Å². The van der Waals surface area contributed by atoms with Crippen molar-refractivity contribution < 1.29 is 4.79 Å². The second kappa shape index (κ2) is 2.70. The minimum Gasteiger partial charge on any atom is -0.305 e. The average Bonchev–Trinajstić information content (AvgIpc) is 2.43. The summed E-state index contributed by atoms with van der Waals surface area (Å²) in [4.78, 5) is 26.0. The number of allylic oxidation sites excluding steroid dienone is 1. The first-order valence-corrected chi connectivity index (χ1v) is 4.70. The molecule has 0 spiro atoms. The molecule has 2 aromatic rings. The SMILES string of the molecule is O=C1CC=Cn2c(=O)[nH]c3cccc1c32. The number of nitrogens with one attached hydrogen (secondary N) is 1. The molecule has 3 rings (SSSR count). The summed E-state index contributed by atoms with van der Waals surface area (Å²) in [5.74, 6) is 0.0436. The summed E-state index contributed by atoms with van der Waals surface area (Å²) in [6.45, 7) is 0. The van der Waals surface area contributed by atoms with Crippen molar-refractivity contribution in [1.29, 1.82) is 0 Å². The lowest BCUT2D eigenvalue weighted by molar-refractivity contribution is 0.0998. The number of benzene rings is 1. The second-order valence-electron chi connectivity index (χ2n) is 3.51. The van der Waals surface area contributed by atoms with E-state index < -0.39 is 0 Å². The van der Waals surface area contributed by atoms with E-state index >= 15 is 0 Å². The summed E-state index contributed by atoms with van der Waals surface area (Å²) in [5, 5.41) is 0. The van der Waals surface area contributed by atoms with E-state index in [-0.39, 0.29) is 11.5 Å². The van der Waals surface area contributed by atoms with E-state index in [1.807, 2.05) is 0 Å². The van der Waals surface area contributed by atoms with Gasteiger partial charge in [-0.15, -0.1) is 0 Å². The molecule has 1 N–H and O–H groups in total. The van der Waals surface area contributed by atoms with Crippen LogP contribution in [0.4, 0.5) is 0 Å². The number of aromatic nitrogens is 2. The Labute approximate surface area is 84.8 Å². The molecule has 0 saturated heterocycles. The molecule has 4 nitrogen and oxygen atoms in total. The van der Waals surface area contributed by atoms with Crippen molar-refractivity contribution in [2.24, 2.45) is 0 Å². The molecule has 0 saturated carbocycles. The fourth-order valence-electron chi connectivity index (χ4n) is 1.92. The van der Waals surface area contributed by atoms with Crippen LogP contribution in [0.1, 0.15) is 16.8 Å². The molecule has 0 unspecified atom stereocenters. The van der Waals surface area contributed by atoms with Gasteiger partial charge in [-0.2, -0.15) is 0 Å². The van der Waals surface area contributed by atoms with Crippen LogP contribution in [0.3, 0.4) is 0 Å². The van der Waals surface area contributed by atoms with E-state index in [1.54, 1.807) is 30.5 Å². The number of carbonyl (C=O) groups is 1. The van der Waals surface area contributed by atoms with Gasteiger partial charge >= 0.3 is 5.69 Å². The molecule has 0 aliphatic carbocycles. The molecule has 0 atom stereocenters. The number of H-pyrrole nitrogens is 1. The molecule has 0 amide bonds. The Kier molecular flexibility index (Phi) is 1.48. The molecule has 0 fully saturated rings. The predicted molar refractivity (Wildman–Crippen MR) is 56.8 cm³/mol. The van der Waals surface area contributed by atoms with Gasteiger partial charge in [-0.1, -0.05) is 12.1 Å². The topological polar surface area (TPSA) is 54.9 Å². The molecule has 1 aromatic heterocycles. The lowest BCUT2D eigenvalue weighted by Gasteiger charge is -1.99. The predicted octanol–water partition coefficient (Wildman–Crippen LogP) is 1.39. The zero-order valence-electron chi connectivity index (χ0n) is 7.86. The van der Waals surface area contributed by atoms with E-state index in [1.165, 1.54) is 4.57 Å². The van der Waals surface area contributed by atoms with Gasteiger partial charge in [0, 0.05) is 18.2 Å².